The first kappa shape index (κ1) is 18.1. The fraction of sp³-hybridized carbons (Fsp3) is 0.615. The monoisotopic (exact) mass is 362 g/mol. The second kappa shape index (κ2) is 7.12. The number of fused-ring (bicyclic) bond motifs is 1. The summed E-state index contributed by atoms with van der Waals surface area (Å²) < 4.78 is 5.41. The van der Waals surface area contributed by atoms with Gasteiger partial charge < -0.3 is 20.7 Å². The molecule has 2 aliphatic rings. The summed E-state index contributed by atoms with van der Waals surface area (Å²) in [5.74, 6) is -2.70. The summed E-state index contributed by atoms with van der Waals surface area (Å²) in [4.78, 5) is 35.8. The van der Waals surface area contributed by atoms with Crippen LogP contribution >= 0.6 is 23.5 Å². The molecule has 1 saturated heterocycles. The number of hydrogen-bond donors (Lipinski definition) is 3. The summed E-state index contributed by atoms with van der Waals surface area (Å²) >= 11 is 2.47. The molecule has 128 valence electrons. The molecule has 0 aromatic carbocycles. The van der Waals surface area contributed by atoms with E-state index in [-0.39, 0.29) is 30.0 Å². The summed E-state index contributed by atoms with van der Waals surface area (Å²) in [5, 5.41) is 18.4. The number of esters is 1. The number of carbonyl (C=O) groups excluding carboxylic acids is 2. The summed E-state index contributed by atoms with van der Waals surface area (Å²) in [6.07, 6.45) is -0.835. The van der Waals surface area contributed by atoms with Crippen LogP contribution in [-0.4, -0.2) is 62.8 Å². The molecule has 0 radical (unpaired) electrons. The molecule has 23 heavy (non-hydrogen) atoms. The number of carbonyl (C=O) groups is 3. The molecule has 1 fully saturated rings. The van der Waals surface area contributed by atoms with Crippen molar-refractivity contribution >= 4 is 41.4 Å². The third-order valence-corrected chi connectivity index (χ3v) is 6.10. The fourth-order valence-corrected chi connectivity index (χ4v) is 5.45. The van der Waals surface area contributed by atoms with Gasteiger partial charge in [0, 0.05) is 5.25 Å². The molecule has 2 aliphatic heterocycles. The van der Waals surface area contributed by atoms with Crippen LogP contribution in [0.5, 0.6) is 0 Å². The van der Waals surface area contributed by atoms with Gasteiger partial charge in [0.1, 0.15) is 12.0 Å². The number of β-lactam (4-membered cyclic amide) rings is 1. The number of hydrogen-bond acceptors (Lipinski definition) is 8. The van der Waals surface area contributed by atoms with E-state index in [0.717, 1.165) is 0 Å². The van der Waals surface area contributed by atoms with Gasteiger partial charge in [-0.3, -0.25) is 14.5 Å². The molecule has 4 atom stereocenters. The fourth-order valence-electron chi connectivity index (χ4n) is 2.32. The zero-order valence-electron chi connectivity index (χ0n) is 12.6. The van der Waals surface area contributed by atoms with Crippen LogP contribution in [0.4, 0.5) is 0 Å². The first-order chi connectivity index (χ1) is 10.8. The van der Waals surface area contributed by atoms with Gasteiger partial charge in [0.25, 0.3) is 0 Å². The predicted octanol–water partition coefficient (Wildman–Crippen LogP) is -0.224. The Bertz CT molecular complexity index is 565. The van der Waals surface area contributed by atoms with Crippen LogP contribution in [0.1, 0.15) is 13.8 Å². The summed E-state index contributed by atoms with van der Waals surface area (Å²) in [6, 6.07) is 0. The van der Waals surface area contributed by atoms with Gasteiger partial charge in [-0.05, 0) is 13.8 Å². The van der Waals surface area contributed by atoms with Crippen molar-refractivity contribution in [2.75, 3.05) is 13.2 Å². The lowest BCUT2D eigenvalue weighted by Crippen LogP contribution is -2.60. The molecule has 8 nitrogen and oxygen atoms in total. The Hall–Kier alpha value is -1.23. The van der Waals surface area contributed by atoms with E-state index in [9.17, 15) is 24.6 Å². The van der Waals surface area contributed by atoms with Crippen LogP contribution in [-0.2, 0) is 19.1 Å². The number of nitrogens with two attached hydrogens (primary N) is 1. The lowest BCUT2D eigenvalue weighted by molar-refractivity contribution is -0.156. The van der Waals surface area contributed by atoms with Crippen molar-refractivity contribution in [3.63, 3.8) is 0 Å². The predicted molar refractivity (Wildman–Crippen MR) is 85.1 cm³/mol. The van der Waals surface area contributed by atoms with Crippen molar-refractivity contribution < 1.29 is 29.3 Å². The molecule has 1 amide bonds. The number of thioether (sulfide) groups is 2. The lowest BCUT2D eigenvalue weighted by atomic mass is 9.92. The molecule has 0 saturated carbocycles. The Morgan fingerprint density at radius 1 is 1.48 bits per heavy atom. The second-order valence-corrected chi connectivity index (χ2v) is 8.07. The molecule has 0 spiro atoms. The van der Waals surface area contributed by atoms with Crippen molar-refractivity contribution in [1.82, 2.24) is 4.90 Å². The van der Waals surface area contributed by atoms with Gasteiger partial charge in [-0.25, -0.2) is 4.79 Å². The SMILES string of the molecule is C[C@H](COC(=O)CN)SC1=C(C(=O)O)N2C(=O)[C@H]([C@@H](C)O)[C@H]2S1. The minimum absolute atomic E-state index is 0.0658. The minimum atomic E-state index is -1.19. The molecule has 0 aromatic heterocycles. The highest BCUT2D eigenvalue weighted by Crippen LogP contribution is 2.54. The Balaban J connectivity index is 2.07. The normalized spacial score (nSPS) is 25.7. The molecule has 10 heteroatoms. The zero-order valence-corrected chi connectivity index (χ0v) is 14.2. The van der Waals surface area contributed by atoms with Crippen molar-refractivity contribution in [1.29, 1.82) is 0 Å². The quantitative estimate of drug-likeness (QED) is 0.415. The second-order valence-electron chi connectivity index (χ2n) is 5.24. The summed E-state index contributed by atoms with van der Waals surface area (Å²) in [5.41, 5.74) is 5.08. The first-order valence-electron chi connectivity index (χ1n) is 6.95. The Morgan fingerprint density at radius 3 is 2.65 bits per heavy atom. The maximum absolute atomic E-state index is 12.0. The first-order valence-corrected chi connectivity index (χ1v) is 8.71. The molecular weight excluding hydrogens is 344 g/mol. The molecular formula is C13H18N2O6S2. The van der Waals surface area contributed by atoms with Gasteiger partial charge in [-0.15, -0.1) is 11.8 Å². The van der Waals surface area contributed by atoms with E-state index in [0.29, 0.717) is 4.24 Å². The number of nitrogens with zero attached hydrogens (tertiary/aromatic N) is 1. The number of ether oxygens (including phenoxy) is 1. The van der Waals surface area contributed by atoms with Crippen LogP contribution in [0.25, 0.3) is 0 Å². The van der Waals surface area contributed by atoms with E-state index in [1.54, 1.807) is 6.92 Å². The Labute approximate surface area is 141 Å². The topological polar surface area (TPSA) is 130 Å². The van der Waals surface area contributed by atoms with Crippen LogP contribution < -0.4 is 5.73 Å². The van der Waals surface area contributed by atoms with Crippen LogP contribution in [0, 0.1) is 5.92 Å². The lowest BCUT2D eigenvalue weighted by Gasteiger charge is -2.43. The van der Waals surface area contributed by atoms with Gasteiger partial charge in [-0.2, -0.15) is 0 Å². The number of rotatable bonds is 7. The van der Waals surface area contributed by atoms with Crippen molar-refractivity contribution in [3.8, 4) is 0 Å². The van der Waals surface area contributed by atoms with Gasteiger partial charge in [0.15, 0.2) is 5.70 Å². The van der Waals surface area contributed by atoms with E-state index >= 15 is 0 Å². The maximum Gasteiger partial charge on any atom is 0.354 e. The summed E-state index contributed by atoms with van der Waals surface area (Å²) in [7, 11) is 0. The third kappa shape index (κ3) is 3.49. The molecule has 0 bridgehead atoms. The van der Waals surface area contributed by atoms with Crippen LogP contribution in [0.2, 0.25) is 0 Å². The van der Waals surface area contributed by atoms with Crippen molar-refractivity contribution in [2.45, 2.75) is 30.6 Å². The van der Waals surface area contributed by atoms with E-state index in [1.165, 1.54) is 35.3 Å². The highest BCUT2D eigenvalue weighted by Gasteiger charge is 2.57. The van der Waals surface area contributed by atoms with E-state index < -0.39 is 29.3 Å². The third-order valence-electron chi connectivity index (χ3n) is 3.42. The highest BCUT2D eigenvalue weighted by molar-refractivity contribution is 8.23. The van der Waals surface area contributed by atoms with Gasteiger partial charge in [0.05, 0.1) is 22.8 Å². The molecule has 4 N–H and O–H groups in total. The standard InChI is InChI=1S/C13H18N2O6S2/c1-5(4-21-7(17)3-14)22-13-9(12(19)20)15-10(18)8(6(2)16)11(15)23-13/h5-6,8,11,16H,3-4,14H2,1-2H3,(H,19,20)/t5-,6-,8+,11-/m1/s1. The van der Waals surface area contributed by atoms with E-state index in [1.807, 2.05) is 0 Å². The number of amides is 1. The zero-order chi connectivity index (χ0) is 17.3. The van der Waals surface area contributed by atoms with Crippen LogP contribution in [0.15, 0.2) is 9.93 Å². The number of carboxylic acids is 1. The van der Waals surface area contributed by atoms with Gasteiger partial charge in [-0.1, -0.05) is 11.8 Å². The molecule has 0 unspecified atom stereocenters. The smallest absolute Gasteiger partial charge is 0.354 e. The van der Waals surface area contributed by atoms with Crippen molar-refractivity contribution in [3.05, 3.63) is 9.93 Å². The van der Waals surface area contributed by atoms with E-state index in [2.05, 4.69) is 0 Å². The maximum atomic E-state index is 12.0. The van der Waals surface area contributed by atoms with Crippen LogP contribution in [0.3, 0.4) is 0 Å². The minimum Gasteiger partial charge on any atom is -0.477 e. The van der Waals surface area contributed by atoms with Gasteiger partial charge >= 0.3 is 11.9 Å². The average molecular weight is 362 g/mol. The largest absolute Gasteiger partial charge is 0.477 e. The molecule has 0 aromatic rings. The number of aliphatic hydroxyl groups excluding tert-OH is 1. The Kier molecular flexibility index (Phi) is 5.61. The highest BCUT2D eigenvalue weighted by atomic mass is 32.2. The molecule has 2 rings (SSSR count). The number of aliphatic carboxylic acids is 1. The van der Waals surface area contributed by atoms with Crippen molar-refractivity contribution in [2.24, 2.45) is 11.7 Å². The molecule has 2 heterocycles. The number of carboxylic acid groups (broad SMARTS) is 1. The summed E-state index contributed by atoms with van der Waals surface area (Å²) in [6.45, 7) is 3.18. The van der Waals surface area contributed by atoms with E-state index in [4.69, 9.17) is 10.5 Å². The average Bonchev–Trinajstić information content (AvgIpc) is 2.78. The number of aliphatic hydroxyl groups is 1. The Morgan fingerprint density at radius 2 is 2.13 bits per heavy atom. The molecule has 0 aliphatic carbocycles. The van der Waals surface area contributed by atoms with Gasteiger partial charge in [0.2, 0.25) is 5.91 Å².